The van der Waals surface area contributed by atoms with E-state index in [0.29, 0.717) is 22.7 Å². The van der Waals surface area contributed by atoms with Crippen molar-refractivity contribution in [1.29, 1.82) is 0 Å². The number of aryl methyl sites for hydroxylation is 2. The molecule has 0 radical (unpaired) electrons. The molecular formula is C34H32N6O4. The number of nitrogens with zero attached hydrogens (tertiary/aromatic N) is 2. The van der Waals surface area contributed by atoms with Gasteiger partial charge in [-0.1, -0.05) is 48.5 Å². The molecule has 0 aliphatic rings. The standard InChI is InChI=1S/C34H32N6O4/c1-21-19-25(15-17-29(21)37-39-31(23(3)41)33(43)35-27-11-7-5-8-12-27)26-16-18-30(22(2)20-26)38-40-32(24(4)42)34(44)36-28-13-9-6-10-14-28/h5-20,37-38H,1-4H3,(H,35,43)(H,36,44)/b39-31+,40-32+. The Kier molecular flexibility index (Phi) is 10.1. The quantitative estimate of drug-likeness (QED) is 0.0968. The van der Waals surface area contributed by atoms with Crippen molar-refractivity contribution in [3.8, 4) is 11.1 Å². The lowest BCUT2D eigenvalue weighted by molar-refractivity contribution is -0.116. The molecule has 0 unspecified atom stereocenters. The van der Waals surface area contributed by atoms with E-state index in [9.17, 15) is 19.2 Å². The second kappa shape index (κ2) is 14.3. The van der Waals surface area contributed by atoms with Crippen LogP contribution in [0.2, 0.25) is 0 Å². The van der Waals surface area contributed by atoms with Gasteiger partial charge in [-0.15, -0.1) is 0 Å². The summed E-state index contributed by atoms with van der Waals surface area (Å²) in [5.41, 5.74) is 11.1. The van der Waals surface area contributed by atoms with Gasteiger partial charge < -0.3 is 10.6 Å². The summed E-state index contributed by atoms with van der Waals surface area (Å²) in [6, 6.07) is 29.0. The lowest BCUT2D eigenvalue weighted by atomic mass is 10.00. The summed E-state index contributed by atoms with van der Waals surface area (Å²) in [6.45, 7) is 6.35. The molecule has 0 saturated heterocycles. The zero-order valence-corrected chi connectivity index (χ0v) is 24.8. The van der Waals surface area contributed by atoms with Gasteiger partial charge in [0.25, 0.3) is 11.8 Å². The monoisotopic (exact) mass is 588 g/mol. The number of ketones is 2. The molecule has 44 heavy (non-hydrogen) atoms. The molecule has 10 heteroatoms. The number of carbonyl (C=O) groups excluding carboxylic acids is 4. The molecule has 2 amide bonds. The van der Waals surface area contributed by atoms with Gasteiger partial charge in [0.2, 0.25) is 0 Å². The average molecular weight is 589 g/mol. The first kappa shape index (κ1) is 31.0. The molecule has 4 aromatic carbocycles. The van der Waals surface area contributed by atoms with Crippen molar-refractivity contribution in [2.45, 2.75) is 27.7 Å². The maximum atomic E-state index is 12.6. The van der Waals surface area contributed by atoms with Gasteiger partial charge in [-0.25, -0.2) is 0 Å². The number of hydrogen-bond acceptors (Lipinski definition) is 8. The summed E-state index contributed by atoms with van der Waals surface area (Å²) in [6.07, 6.45) is 0. The first-order valence-electron chi connectivity index (χ1n) is 13.8. The maximum Gasteiger partial charge on any atom is 0.279 e. The lowest BCUT2D eigenvalue weighted by Crippen LogP contribution is -2.29. The van der Waals surface area contributed by atoms with E-state index in [1.165, 1.54) is 13.8 Å². The first-order valence-corrected chi connectivity index (χ1v) is 13.8. The molecule has 10 nitrogen and oxygen atoms in total. The number of amides is 2. The van der Waals surface area contributed by atoms with Crippen LogP contribution in [0, 0.1) is 13.8 Å². The van der Waals surface area contributed by atoms with E-state index in [2.05, 4.69) is 31.7 Å². The van der Waals surface area contributed by atoms with Crippen LogP contribution in [0.15, 0.2) is 107 Å². The molecule has 0 spiro atoms. The van der Waals surface area contributed by atoms with Gasteiger partial charge in [-0.3, -0.25) is 30.0 Å². The molecule has 4 aromatic rings. The molecule has 0 heterocycles. The summed E-state index contributed by atoms with van der Waals surface area (Å²) in [7, 11) is 0. The second-order valence-corrected chi connectivity index (χ2v) is 9.96. The predicted octanol–water partition coefficient (Wildman–Crippen LogP) is 5.96. The molecule has 0 atom stereocenters. The zero-order chi connectivity index (χ0) is 31.6. The van der Waals surface area contributed by atoms with Crippen LogP contribution in [-0.2, 0) is 19.2 Å². The normalized spacial score (nSPS) is 11.4. The van der Waals surface area contributed by atoms with E-state index in [0.717, 1.165) is 22.3 Å². The number of carbonyl (C=O) groups is 4. The highest BCUT2D eigenvalue weighted by Crippen LogP contribution is 2.28. The minimum atomic E-state index is -0.605. The summed E-state index contributed by atoms with van der Waals surface area (Å²) < 4.78 is 0. The smallest absolute Gasteiger partial charge is 0.279 e. The van der Waals surface area contributed by atoms with Crippen LogP contribution in [0.5, 0.6) is 0 Å². The molecular weight excluding hydrogens is 556 g/mol. The lowest BCUT2D eigenvalue weighted by Gasteiger charge is -2.12. The second-order valence-electron chi connectivity index (χ2n) is 9.96. The van der Waals surface area contributed by atoms with Gasteiger partial charge >= 0.3 is 0 Å². The van der Waals surface area contributed by atoms with Gasteiger partial charge in [-0.05, 0) is 84.6 Å². The Bertz CT molecular complexity index is 1630. The topological polar surface area (TPSA) is 141 Å². The van der Waals surface area contributed by atoms with Crippen molar-refractivity contribution in [3.63, 3.8) is 0 Å². The third-order valence-electron chi connectivity index (χ3n) is 6.52. The maximum absolute atomic E-state index is 12.6. The number of hydrogen-bond donors (Lipinski definition) is 4. The largest absolute Gasteiger partial charge is 0.320 e. The molecule has 0 bridgehead atoms. The summed E-state index contributed by atoms with van der Waals surface area (Å²) in [5.74, 6) is -2.15. The van der Waals surface area contributed by atoms with Gasteiger partial charge in [0.15, 0.2) is 23.0 Å². The Balaban J connectivity index is 1.46. The summed E-state index contributed by atoms with van der Waals surface area (Å²) in [4.78, 5) is 49.5. The Labute approximate surface area is 255 Å². The Morgan fingerprint density at radius 3 is 1.20 bits per heavy atom. The number of benzene rings is 4. The van der Waals surface area contributed by atoms with Crippen LogP contribution in [0.1, 0.15) is 25.0 Å². The molecule has 0 saturated carbocycles. The number of nitrogens with one attached hydrogen (secondary N) is 4. The Morgan fingerprint density at radius 2 is 0.886 bits per heavy atom. The predicted molar refractivity (Wildman–Crippen MR) is 175 cm³/mol. The highest BCUT2D eigenvalue weighted by atomic mass is 16.2. The van der Waals surface area contributed by atoms with Gasteiger partial charge in [0, 0.05) is 25.2 Å². The van der Waals surface area contributed by atoms with Gasteiger partial charge in [0.05, 0.1) is 11.4 Å². The summed E-state index contributed by atoms with van der Waals surface area (Å²) in [5, 5.41) is 13.5. The van der Waals surface area contributed by atoms with E-state index < -0.39 is 23.4 Å². The van der Waals surface area contributed by atoms with Crippen molar-refractivity contribution in [2.24, 2.45) is 10.2 Å². The number of anilines is 4. The zero-order valence-electron chi connectivity index (χ0n) is 24.8. The van der Waals surface area contributed by atoms with Crippen LogP contribution < -0.4 is 21.5 Å². The SMILES string of the molecule is CC(=O)/C(=N\Nc1ccc(-c2ccc(N/N=C(\C(C)=O)C(=O)Nc3ccccc3)c(C)c2)cc1C)C(=O)Nc1ccccc1. The molecule has 0 aliphatic heterocycles. The molecule has 0 aliphatic carbocycles. The number of rotatable bonds is 11. The Morgan fingerprint density at radius 1 is 0.523 bits per heavy atom. The minimum Gasteiger partial charge on any atom is -0.320 e. The highest BCUT2D eigenvalue weighted by Gasteiger charge is 2.18. The number of para-hydroxylation sites is 2. The van der Waals surface area contributed by atoms with Crippen molar-refractivity contribution in [2.75, 3.05) is 21.5 Å². The van der Waals surface area contributed by atoms with Gasteiger partial charge in [-0.2, -0.15) is 10.2 Å². The molecule has 0 fully saturated rings. The van der Waals surface area contributed by atoms with Crippen molar-refractivity contribution >= 4 is 57.6 Å². The van der Waals surface area contributed by atoms with Crippen molar-refractivity contribution < 1.29 is 19.2 Å². The minimum absolute atomic E-state index is 0.246. The van der Waals surface area contributed by atoms with Crippen LogP contribution >= 0.6 is 0 Å². The van der Waals surface area contributed by atoms with Gasteiger partial charge in [0.1, 0.15) is 0 Å². The van der Waals surface area contributed by atoms with Crippen LogP contribution in [-0.4, -0.2) is 34.8 Å². The Hall–Kier alpha value is -5.90. The molecule has 4 rings (SSSR count). The summed E-state index contributed by atoms with van der Waals surface area (Å²) >= 11 is 0. The fourth-order valence-corrected chi connectivity index (χ4v) is 4.17. The van der Waals surface area contributed by atoms with E-state index in [4.69, 9.17) is 0 Å². The molecule has 222 valence electrons. The molecule has 0 aromatic heterocycles. The number of hydrazone groups is 2. The number of Topliss-reactive ketones (excluding diaryl/α,β-unsaturated/α-hetero) is 2. The highest BCUT2D eigenvalue weighted by molar-refractivity contribution is 6.67. The fourth-order valence-electron chi connectivity index (χ4n) is 4.17. The van der Waals surface area contributed by atoms with E-state index in [1.54, 1.807) is 48.5 Å². The third-order valence-corrected chi connectivity index (χ3v) is 6.52. The van der Waals surface area contributed by atoms with Crippen LogP contribution in [0.4, 0.5) is 22.7 Å². The third kappa shape index (κ3) is 8.10. The van der Waals surface area contributed by atoms with E-state index >= 15 is 0 Å². The van der Waals surface area contributed by atoms with Crippen molar-refractivity contribution in [1.82, 2.24) is 0 Å². The van der Waals surface area contributed by atoms with Crippen molar-refractivity contribution in [3.05, 3.63) is 108 Å². The first-order chi connectivity index (χ1) is 21.1. The fraction of sp³-hybridized carbons (Fsp3) is 0.118. The van der Waals surface area contributed by atoms with Crippen LogP contribution in [0.3, 0.4) is 0 Å². The van der Waals surface area contributed by atoms with E-state index in [-0.39, 0.29) is 11.4 Å². The molecule has 4 N–H and O–H groups in total. The average Bonchev–Trinajstić information content (AvgIpc) is 2.99. The van der Waals surface area contributed by atoms with Crippen LogP contribution in [0.25, 0.3) is 11.1 Å². The van der Waals surface area contributed by atoms with E-state index in [1.807, 2.05) is 62.4 Å².